The van der Waals surface area contributed by atoms with Gasteiger partial charge in [-0.05, 0) is 55.8 Å². The van der Waals surface area contributed by atoms with Crippen molar-refractivity contribution >= 4 is 22.6 Å². The Morgan fingerprint density at radius 3 is 2.76 bits per heavy atom. The Hall–Kier alpha value is -1.06. The molecule has 1 saturated carbocycles. The number of nitrogens with two attached hydrogens (primary N) is 1. The Morgan fingerprint density at radius 2 is 2.14 bits per heavy atom. The molecule has 1 fully saturated rings. The van der Waals surface area contributed by atoms with E-state index in [4.69, 9.17) is 22.3 Å². The fraction of sp³-hybridized carbons (Fsp3) is 0.588. The van der Waals surface area contributed by atoms with Crippen molar-refractivity contribution in [3.05, 3.63) is 29.0 Å². The SMILES string of the molecule is CC(C)CC(CN)Cc1nc2ccc(Cl)cc2n1C1CC1. The lowest BCUT2D eigenvalue weighted by Gasteiger charge is -2.17. The maximum atomic E-state index is 6.17. The highest BCUT2D eigenvalue weighted by Gasteiger charge is 2.29. The van der Waals surface area contributed by atoms with Gasteiger partial charge in [-0.3, -0.25) is 0 Å². The van der Waals surface area contributed by atoms with Crippen molar-refractivity contribution in [1.82, 2.24) is 9.55 Å². The molecule has 0 aliphatic heterocycles. The summed E-state index contributed by atoms with van der Waals surface area (Å²) in [5.41, 5.74) is 8.21. The molecule has 1 atom stereocenters. The van der Waals surface area contributed by atoms with Crippen molar-refractivity contribution in [1.29, 1.82) is 0 Å². The first-order valence-electron chi connectivity index (χ1n) is 7.95. The minimum absolute atomic E-state index is 0.509. The number of benzene rings is 1. The molecule has 1 heterocycles. The van der Waals surface area contributed by atoms with Crippen LogP contribution in [0.4, 0.5) is 0 Å². The first-order valence-corrected chi connectivity index (χ1v) is 8.32. The lowest BCUT2D eigenvalue weighted by Crippen LogP contribution is -2.20. The van der Waals surface area contributed by atoms with Crippen LogP contribution in [0.3, 0.4) is 0 Å². The van der Waals surface area contributed by atoms with Crippen LogP contribution in [0.15, 0.2) is 18.2 Å². The second-order valence-corrected chi connectivity index (χ2v) is 7.13. The maximum Gasteiger partial charge on any atom is 0.110 e. The lowest BCUT2D eigenvalue weighted by molar-refractivity contribution is 0.403. The molecule has 0 bridgehead atoms. The van der Waals surface area contributed by atoms with Crippen molar-refractivity contribution < 1.29 is 0 Å². The van der Waals surface area contributed by atoms with Crippen LogP contribution in [0.25, 0.3) is 11.0 Å². The first-order chi connectivity index (χ1) is 10.1. The molecule has 1 aliphatic carbocycles. The van der Waals surface area contributed by atoms with E-state index in [2.05, 4.69) is 18.4 Å². The number of hydrogen-bond acceptors (Lipinski definition) is 2. The van der Waals surface area contributed by atoms with Gasteiger partial charge < -0.3 is 10.3 Å². The molecule has 3 nitrogen and oxygen atoms in total. The van der Waals surface area contributed by atoms with E-state index >= 15 is 0 Å². The zero-order chi connectivity index (χ0) is 15.0. The van der Waals surface area contributed by atoms with Crippen LogP contribution in [-0.4, -0.2) is 16.1 Å². The van der Waals surface area contributed by atoms with Gasteiger partial charge in [0.2, 0.25) is 0 Å². The van der Waals surface area contributed by atoms with Crippen LogP contribution in [0, 0.1) is 11.8 Å². The highest BCUT2D eigenvalue weighted by Crippen LogP contribution is 2.39. The molecular formula is C17H24ClN3. The second kappa shape index (κ2) is 5.98. The summed E-state index contributed by atoms with van der Waals surface area (Å²) in [6.07, 6.45) is 4.63. The molecule has 1 unspecified atom stereocenters. The normalized spacial score (nSPS) is 16.8. The van der Waals surface area contributed by atoms with Gasteiger partial charge in [-0.25, -0.2) is 4.98 Å². The van der Waals surface area contributed by atoms with Gasteiger partial charge in [0.25, 0.3) is 0 Å². The fourth-order valence-corrected chi connectivity index (χ4v) is 3.35. The molecule has 21 heavy (non-hydrogen) atoms. The minimum Gasteiger partial charge on any atom is -0.330 e. The molecule has 114 valence electrons. The standard InChI is InChI=1S/C17H24ClN3/c1-11(2)7-12(10-19)8-17-20-15-6-3-13(18)9-16(15)21(17)14-4-5-14/h3,6,9,11-12,14H,4-5,7-8,10,19H2,1-2H3. The average molecular weight is 306 g/mol. The summed E-state index contributed by atoms with van der Waals surface area (Å²) < 4.78 is 2.41. The number of nitrogens with zero attached hydrogens (tertiary/aromatic N) is 2. The minimum atomic E-state index is 0.509. The topological polar surface area (TPSA) is 43.8 Å². The Labute approximate surface area is 131 Å². The van der Waals surface area contributed by atoms with Gasteiger partial charge in [-0.2, -0.15) is 0 Å². The van der Waals surface area contributed by atoms with Crippen LogP contribution in [0.1, 0.15) is 45.0 Å². The molecule has 0 saturated heterocycles. The summed E-state index contributed by atoms with van der Waals surface area (Å²) >= 11 is 6.17. The van der Waals surface area contributed by atoms with Crippen LogP contribution in [0.2, 0.25) is 5.02 Å². The summed E-state index contributed by atoms with van der Waals surface area (Å²) in [6.45, 7) is 5.24. The smallest absolute Gasteiger partial charge is 0.110 e. The largest absolute Gasteiger partial charge is 0.330 e. The molecule has 2 N–H and O–H groups in total. The van der Waals surface area contributed by atoms with Crippen molar-refractivity contribution in [2.24, 2.45) is 17.6 Å². The number of halogens is 1. The fourth-order valence-electron chi connectivity index (χ4n) is 3.19. The molecule has 1 aliphatic rings. The van der Waals surface area contributed by atoms with Crippen molar-refractivity contribution in [3.63, 3.8) is 0 Å². The van der Waals surface area contributed by atoms with Crippen LogP contribution < -0.4 is 5.73 Å². The third kappa shape index (κ3) is 3.24. The van der Waals surface area contributed by atoms with E-state index in [1.165, 1.54) is 24.2 Å². The zero-order valence-electron chi connectivity index (χ0n) is 12.8. The molecule has 4 heteroatoms. The second-order valence-electron chi connectivity index (χ2n) is 6.70. The third-order valence-electron chi connectivity index (χ3n) is 4.25. The van der Waals surface area contributed by atoms with E-state index in [9.17, 15) is 0 Å². The summed E-state index contributed by atoms with van der Waals surface area (Å²) in [5.74, 6) is 2.37. The third-order valence-corrected chi connectivity index (χ3v) is 4.48. The molecule has 1 aromatic heterocycles. The van der Waals surface area contributed by atoms with E-state index in [1.54, 1.807) is 0 Å². The van der Waals surface area contributed by atoms with Crippen molar-refractivity contribution in [3.8, 4) is 0 Å². The van der Waals surface area contributed by atoms with Crippen LogP contribution >= 0.6 is 11.6 Å². The number of rotatable bonds is 6. The van der Waals surface area contributed by atoms with E-state index < -0.39 is 0 Å². The van der Waals surface area contributed by atoms with Crippen molar-refractivity contribution in [2.45, 2.75) is 45.6 Å². The Kier molecular flexibility index (Phi) is 4.23. The van der Waals surface area contributed by atoms with Gasteiger partial charge in [0.1, 0.15) is 5.82 Å². The van der Waals surface area contributed by atoms with E-state index in [1.807, 2.05) is 18.2 Å². The van der Waals surface area contributed by atoms with E-state index in [-0.39, 0.29) is 0 Å². The molecular weight excluding hydrogens is 282 g/mol. The van der Waals surface area contributed by atoms with Crippen LogP contribution in [0.5, 0.6) is 0 Å². The highest BCUT2D eigenvalue weighted by atomic mass is 35.5. The zero-order valence-corrected chi connectivity index (χ0v) is 13.6. The number of hydrogen-bond donors (Lipinski definition) is 1. The Bertz CT molecular complexity index is 628. The summed E-state index contributed by atoms with van der Waals surface area (Å²) in [5, 5.41) is 0.786. The molecule has 3 rings (SSSR count). The molecule has 0 spiro atoms. The van der Waals surface area contributed by atoms with Gasteiger partial charge >= 0.3 is 0 Å². The van der Waals surface area contributed by atoms with Gasteiger partial charge in [0.15, 0.2) is 0 Å². The number of aromatic nitrogens is 2. The average Bonchev–Trinajstić information content (AvgIpc) is 3.20. The first kappa shape index (κ1) is 14.9. The monoisotopic (exact) mass is 305 g/mol. The quantitative estimate of drug-likeness (QED) is 0.869. The highest BCUT2D eigenvalue weighted by molar-refractivity contribution is 6.31. The Morgan fingerprint density at radius 1 is 1.38 bits per heavy atom. The van der Waals surface area contributed by atoms with Gasteiger partial charge in [-0.15, -0.1) is 0 Å². The van der Waals surface area contributed by atoms with E-state index in [0.717, 1.165) is 29.9 Å². The van der Waals surface area contributed by atoms with Crippen molar-refractivity contribution in [2.75, 3.05) is 6.54 Å². The Balaban J connectivity index is 1.95. The van der Waals surface area contributed by atoms with Gasteiger partial charge in [0, 0.05) is 17.5 Å². The predicted octanol–water partition coefficient (Wildman–Crippen LogP) is 4.19. The van der Waals surface area contributed by atoms with Gasteiger partial charge in [0.05, 0.1) is 11.0 Å². The molecule has 1 aromatic carbocycles. The summed E-state index contributed by atoms with van der Waals surface area (Å²) in [4.78, 5) is 4.86. The lowest BCUT2D eigenvalue weighted by atomic mass is 9.94. The number of fused-ring (bicyclic) bond motifs is 1. The van der Waals surface area contributed by atoms with Crippen LogP contribution in [-0.2, 0) is 6.42 Å². The summed E-state index contributed by atoms with van der Waals surface area (Å²) in [6, 6.07) is 6.61. The molecule has 0 amide bonds. The predicted molar refractivity (Wildman–Crippen MR) is 88.7 cm³/mol. The number of imidazole rings is 1. The summed E-state index contributed by atoms with van der Waals surface area (Å²) in [7, 11) is 0. The molecule has 0 radical (unpaired) electrons. The van der Waals surface area contributed by atoms with E-state index in [0.29, 0.717) is 17.9 Å². The van der Waals surface area contributed by atoms with Gasteiger partial charge in [-0.1, -0.05) is 25.4 Å². The molecule has 2 aromatic rings. The maximum absolute atomic E-state index is 6.17.